The predicted molar refractivity (Wildman–Crippen MR) is 71.7 cm³/mol. The molecule has 0 radical (unpaired) electrons. The molecule has 2 nitrogen and oxygen atoms in total. The summed E-state index contributed by atoms with van der Waals surface area (Å²) in [6, 6.07) is 7.46. The Morgan fingerprint density at radius 1 is 1.31 bits per heavy atom. The number of benzene rings is 1. The maximum atomic E-state index is 11.7. The number of hydrogen-bond acceptors (Lipinski definition) is 3. The van der Waals surface area contributed by atoms with Gasteiger partial charge in [0.15, 0.2) is 0 Å². The van der Waals surface area contributed by atoms with Gasteiger partial charge in [0.1, 0.15) is 10.9 Å². The first-order chi connectivity index (χ1) is 7.29. The molecule has 0 N–H and O–H groups in total. The molecule has 0 bridgehead atoms. The van der Waals surface area contributed by atoms with Gasteiger partial charge in [-0.2, -0.15) is 12.6 Å². The Hall–Kier alpha value is -0.480. The molecule has 0 aromatic heterocycles. The second-order valence-electron chi connectivity index (χ2n) is 4.49. The van der Waals surface area contributed by atoms with Gasteiger partial charge in [0, 0.05) is 4.47 Å². The van der Waals surface area contributed by atoms with Gasteiger partial charge >= 0.3 is 5.97 Å². The first-order valence-electron chi connectivity index (χ1n) is 4.96. The number of esters is 1. The Labute approximate surface area is 110 Å². The summed E-state index contributed by atoms with van der Waals surface area (Å²) >= 11 is 7.61. The van der Waals surface area contributed by atoms with Crippen molar-refractivity contribution in [2.24, 2.45) is 0 Å². The molecular formula is C12H15BrO2S. The van der Waals surface area contributed by atoms with Crippen LogP contribution in [0.1, 0.15) is 31.6 Å². The van der Waals surface area contributed by atoms with Crippen molar-refractivity contribution in [3.05, 3.63) is 34.3 Å². The van der Waals surface area contributed by atoms with Gasteiger partial charge in [0.2, 0.25) is 0 Å². The number of hydrogen-bond donors (Lipinski definition) is 1. The highest BCUT2D eigenvalue weighted by atomic mass is 79.9. The molecular weight excluding hydrogens is 288 g/mol. The summed E-state index contributed by atoms with van der Waals surface area (Å²) in [6.07, 6.45) is 0. The van der Waals surface area contributed by atoms with Crippen LogP contribution in [-0.4, -0.2) is 11.6 Å². The van der Waals surface area contributed by atoms with E-state index in [4.69, 9.17) is 4.74 Å². The molecule has 0 amide bonds. The first kappa shape index (κ1) is 13.6. The van der Waals surface area contributed by atoms with Crippen molar-refractivity contribution < 1.29 is 9.53 Å². The summed E-state index contributed by atoms with van der Waals surface area (Å²) in [6.45, 7) is 5.52. The molecule has 0 aliphatic rings. The highest BCUT2D eigenvalue weighted by molar-refractivity contribution is 9.10. The van der Waals surface area contributed by atoms with E-state index in [9.17, 15) is 4.79 Å². The van der Waals surface area contributed by atoms with Crippen molar-refractivity contribution in [1.82, 2.24) is 0 Å². The molecule has 0 aliphatic carbocycles. The zero-order valence-electron chi connectivity index (χ0n) is 9.53. The highest BCUT2D eigenvalue weighted by Gasteiger charge is 2.23. The molecule has 0 fully saturated rings. The fraction of sp³-hybridized carbons (Fsp3) is 0.417. The van der Waals surface area contributed by atoms with Crippen LogP contribution in [0.3, 0.4) is 0 Å². The van der Waals surface area contributed by atoms with Crippen molar-refractivity contribution in [2.75, 3.05) is 0 Å². The van der Waals surface area contributed by atoms with E-state index in [1.807, 2.05) is 45.0 Å². The highest BCUT2D eigenvalue weighted by Crippen LogP contribution is 2.25. The van der Waals surface area contributed by atoms with E-state index < -0.39 is 10.9 Å². The molecule has 0 spiro atoms. The van der Waals surface area contributed by atoms with E-state index in [0.29, 0.717) is 0 Å². The summed E-state index contributed by atoms with van der Waals surface area (Å²) in [5.74, 6) is -0.321. The van der Waals surface area contributed by atoms with Crippen LogP contribution in [0.25, 0.3) is 0 Å². The van der Waals surface area contributed by atoms with E-state index in [1.54, 1.807) is 0 Å². The lowest BCUT2D eigenvalue weighted by Gasteiger charge is -2.22. The van der Waals surface area contributed by atoms with E-state index in [1.165, 1.54) is 0 Å². The van der Waals surface area contributed by atoms with Gasteiger partial charge in [0.05, 0.1) is 0 Å². The normalized spacial score (nSPS) is 13.3. The van der Waals surface area contributed by atoms with Gasteiger partial charge in [-0.15, -0.1) is 0 Å². The lowest BCUT2D eigenvalue weighted by Crippen LogP contribution is -2.26. The lowest BCUT2D eigenvalue weighted by molar-refractivity contribution is -0.154. The number of thiol groups is 1. The van der Waals surface area contributed by atoms with Crippen LogP contribution >= 0.6 is 28.6 Å². The van der Waals surface area contributed by atoms with Gasteiger partial charge in [-0.25, -0.2) is 0 Å². The molecule has 88 valence electrons. The Morgan fingerprint density at radius 3 is 2.25 bits per heavy atom. The Morgan fingerprint density at radius 2 is 1.81 bits per heavy atom. The molecule has 0 saturated carbocycles. The van der Waals surface area contributed by atoms with Crippen LogP contribution in [0.15, 0.2) is 28.7 Å². The Kier molecular flexibility index (Phi) is 4.44. The van der Waals surface area contributed by atoms with Gasteiger partial charge in [-0.05, 0) is 38.5 Å². The van der Waals surface area contributed by atoms with Crippen molar-refractivity contribution in [3.8, 4) is 0 Å². The Bertz CT molecular complexity index is 368. The van der Waals surface area contributed by atoms with E-state index in [0.717, 1.165) is 10.0 Å². The average Bonchev–Trinajstić information content (AvgIpc) is 2.15. The summed E-state index contributed by atoms with van der Waals surface area (Å²) in [5.41, 5.74) is 0.355. The third-order valence-corrected chi connectivity index (χ3v) is 2.85. The van der Waals surface area contributed by atoms with Gasteiger partial charge in [-0.3, -0.25) is 4.79 Å². The fourth-order valence-corrected chi connectivity index (χ4v) is 1.63. The second-order valence-corrected chi connectivity index (χ2v) is 5.92. The maximum Gasteiger partial charge on any atom is 0.323 e. The average molecular weight is 303 g/mol. The monoisotopic (exact) mass is 302 g/mol. The van der Waals surface area contributed by atoms with E-state index >= 15 is 0 Å². The molecule has 1 rings (SSSR count). The molecule has 0 saturated heterocycles. The lowest BCUT2D eigenvalue weighted by atomic mass is 10.1. The minimum Gasteiger partial charge on any atom is -0.459 e. The van der Waals surface area contributed by atoms with Crippen LogP contribution in [0.4, 0.5) is 0 Å². The van der Waals surface area contributed by atoms with E-state index in [2.05, 4.69) is 28.6 Å². The van der Waals surface area contributed by atoms with Gasteiger partial charge in [0.25, 0.3) is 0 Å². The van der Waals surface area contributed by atoms with Crippen LogP contribution in [0.5, 0.6) is 0 Å². The molecule has 16 heavy (non-hydrogen) atoms. The smallest absolute Gasteiger partial charge is 0.323 e. The number of ether oxygens (including phenoxy) is 1. The molecule has 1 aromatic carbocycles. The summed E-state index contributed by atoms with van der Waals surface area (Å²) in [5, 5.41) is -0.535. The van der Waals surface area contributed by atoms with Crippen molar-refractivity contribution >= 4 is 34.5 Å². The third kappa shape index (κ3) is 4.18. The topological polar surface area (TPSA) is 26.3 Å². The van der Waals surface area contributed by atoms with Crippen LogP contribution < -0.4 is 0 Å². The zero-order valence-corrected chi connectivity index (χ0v) is 12.0. The van der Waals surface area contributed by atoms with Crippen molar-refractivity contribution in [2.45, 2.75) is 31.6 Å². The molecule has 0 heterocycles. The fourth-order valence-electron chi connectivity index (χ4n) is 1.14. The van der Waals surface area contributed by atoms with Gasteiger partial charge in [-0.1, -0.05) is 28.1 Å². The van der Waals surface area contributed by atoms with Crippen molar-refractivity contribution in [3.63, 3.8) is 0 Å². The van der Waals surface area contributed by atoms with Crippen LogP contribution in [0, 0.1) is 0 Å². The number of rotatable bonds is 2. The summed E-state index contributed by atoms with van der Waals surface area (Å²) < 4.78 is 6.23. The van der Waals surface area contributed by atoms with Crippen LogP contribution in [-0.2, 0) is 9.53 Å². The maximum absolute atomic E-state index is 11.7. The van der Waals surface area contributed by atoms with E-state index in [-0.39, 0.29) is 5.97 Å². The second kappa shape index (κ2) is 5.23. The minimum absolute atomic E-state index is 0.321. The van der Waals surface area contributed by atoms with Crippen molar-refractivity contribution in [1.29, 1.82) is 0 Å². The number of carbonyl (C=O) groups excluding carboxylic acids is 1. The summed E-state index contributed by atoms with van der Waals surface area (Å²) in [4.78, 5) is 11.7. The zero-order chi connectivity index (χ0) is 12.3. The number of halogens is 1. The quantitative estimate of drug-likeness (QED) is 0.665. The molecule has 1 aromatic rings. The number of carbonyl (C=O) groups is 1. The third-order valence-electron chi connectivity index (χ3n) is 1.82. The molecule has 0 aliphatic heterocycles. The van der Waals surface area contributed by atoms with Crippen LogP contribution in [0.2, 0.25) is 0 Å². The standard InChI is InChI=1S/C12H15BrO2S/c1-12(2,3)15-11(14)10(16)8-4-6-9(13)7-5-8/h4-7,10,16H,1-3H3. The minimum atomic E-state index is -0.535. The predicted octanol–water partition coefficient (Wildman–Crippen LogP) is 3.76. The Balaban J connectivity index is 2.74. The molecule has 4 heteroatoms. The first-order valence-corrected chi connectivity index (χ1v) is 6.27. The largest absolute Gasteiger partial charge is 0.459 e. The molecule has 1 atom stereocenters. The van der Waals surface area contributed by atoms with Gasteiger partial charge < -0.3 is 4.74 Å². The SMILES string of the molecule is CC(C)(C)OC(=O)C(S)c1ccc(Br)cc1. The molecule has 1 unspecified atom stereocenters. The summed E-state index contributed by atoms with van der Waals surface area (Å²) in [7, 11) is 0.